The maximum absolute atomic E-state index is 9.77. The van der Waals surface area contributed by atoms with Crippen LogP contribution in [0.4, 0.5) is 5.82 Å². The summed E-state index contributed by atoms with van der Waals surface area (Å²) >= 11 is 1.72. The van der Waals surface area contributed by atoms with Crippen LogP contribution < -0.4 is 4.90 Å². The lowest BCUT2D eigenvalue weighted by atomic mass is 10.1. The first kappa shape index (κ1) is 21.0. The number of aliphatic hydroxyl groups is 1. The Morgan fingerprint density at radius 3 is 2.72 bits per heavy atom. The molecule has 1 aliphatic heterocycles. The fourth-order valence-electron chi connectivity index (χ4n) is 3.92. The van der Waals surface area contributed by atoms with Crippen molar-refractivity contribution in [2.24, 2.45) is 0 Å². The average Bonchev–Trinajstić information content (AvgIpc) is 3.44. The van der Waals surface area contributed by atoms with Crippen LogP contribution in [-0.4, -0.2) is 64.9 Å². The molecule has 166 valence electrons. The Balaban J connectivity index is 1.60. The number of benzene rings is 1. The number of anilines is 1. The van der Waals surface area contributed by atoms with Crippen LogP contribution in [0.1, 0.15) is 17.6 Å². The summed E-state index contributed by atoms with van der Waals surface area (Å²) in [7, 11) is 1.55. The quantitative estimate of drug-likeness (QED) is 0.481. The third-order valence-corrected chi connectivity index (χ3v) is 6.61. The van der Waals surface area contributed by atoms with Gasteiger partial charge in [0.25, 0.3) is 0 Å². The number of aryl methyl sites for hydroxylation is 1. The average molecular weight is 452 g/mol. The molecule has 4 heterocycles. The zero-order valence-corrected chi connectivity index (χ0v) is 18.9. The summed E-state index contributed by atoms with van der Waals surface area (Å²) in [5.41, 5.74) is 2.98. The van der Waals surface area contributed by atoms with Crippen LogP contribution in [0.2, 0.25) is 0 Å². The van der Waals surface area contributed by atoms with E-state index < -0.39 is 6.10 Å². The minimum Gasteiger partial charge on any atom is -0.393 e. The van der Waals surface area contributed by atoms with Crippen molar-refractivity contribution in [1.29, 1.82) is 0 Å². The molecule has 4 aromatic rings. The van der Waals surface area contributed by atoms with Gasteiger partial charge >= 0.3 is 0 Å². The van der Waals surface area contributed by atoms with Crippen LogP contribution in [0, 0.1) is 6.92 Å². The summed E-state index contributed by atoms with van der Waals surface area (Å²) in [6, 6.07) is 12.4. The molecule has 5 rings (SSSR count). The summed E-state index contributed by atoms with van der Waals surface area (Å²) in [6.07, 6.45) is -0.606. The van der Waals surface area contributed by atoms with Crippen LogP contribution >= 0.6 is 11.3 Å². The van der Waals surface area contributed by atoms with E-state index >= 15 is 0 Å². The van der Waals surface area contributed by atoms with E-state index in [0.29, 0.717) is 24.9 Å². The van der Waals surface area contributed by atoms with E-state index in [4.69, 9.17) is 19.6 Å². The highest BCUT2D eigenvalue weighted by Crippen LogP contribution is 2.34. The largest absolute Gasteiger partial charge is 0.393 e. The van der Waals surface area contributed by atoms with Crippen molar-refractivity contribution in [2.45, 2.75) is 13.0 Å². The van der Waals surface area contributed by atoms with E-state index in [1.54, 1.807) is 18.4 Å². The Hall–Kier alpha value is -2.85. The molecule has 1 N–H and O–H groups in total. The van der Waals surface area contributed by atoms with E-state index in [1.165, 1.54) is 10.1 Å². The minimum atomic E-state index is -0.606. The molecule has 0 saturated carbocycles. The summed E-state index contributed by atoms with van der Waals surface area (Å²) < 4.78 is 14.0. The minimum absolute atomic E-state index is 0.202. The van der Waals surface area contributed by atoms with Crippen molar-refractivity contribution < 1.29 is 14.6 Å². The normalized spacial score (nSPS) is 15.4. The summed E-state index contributed by atoms with van der Waals surface area (Å²) in [4.78, 5) is 11.6. The molecule has 1 atom stereocenters. The SMILES string of the molecule is CO[C@@H](CO)c1nc(N2CCOCC2)cc(-n2nc(-c3csc4ccccc34)cc2C)n1. The molecular weight excluding hydrogens is 426 g/mol. The molecule has 9 heteroatoms. The second kappa shape index (κ2) is 8.95. The standard InChI is InChI=1S/C23H25N5O3S/c1-15-11-18(17-14-32-20-6-4-3-5-16(17)20)26-28(15)22-12-21(27-7-9-31-10-8-27)24-23(25-22)19(13-29)30-2/h3-6,11-12,14,19,29H,7-10,13H2,1-2H3/t19-/m0/s1. The summed E-state index contributed by atoms with van der Waals surface area (Å²) in [5.74, 6) is 1.86. The van der Waals surface area contributed by atoms with Gasteiger partial charge in [-0.1, -0.05) is 18.2 Å². The van der Waals surface area contributed by atoms with Gasteiger partial charge in [0.1, 0.15) is 11.9 Å². The highest BCUT2D eigenvalue weighted by atomic mass is 32.1. The zero-order valence-electron chi connectivity index (χ0n) is 18.1. The topological polar surface area (TPSA) is 85.5 Å². The zero-order chi connectivity index (χ0) is 22.1. The van der Waals surface area contributed by atoms with Crippen molar-refractivity contribution in [3.8, 4) is 17.1 Å². The smallest absolute Gasteiger partial charge is 0.164 e. The van der Waals surface area contributed by atoms with Gasteiger partial charge in [-0.3, -0.25) is 0 Å². The number of aromatic nitrogens is 4. The number of thiophene rings is 1. The number of methoxy groups -OCH3 is 1. The van der Waals surface area contributed by atoms with Gasteiger partial charge < -0.3 is 19.5 Å². The van der Waals surface area contributed by atoms with Crippen LogP contribution in [-0.2, 0) is 9.47 Å². The van der Waals surface area contributed by atoms with E-state index in [-0.39, 0.29) is 6.61 Å². The Morgan fingerprint density at radius 1 is 1.16 bits per heavy atom. The molecule has 0 aliphatic carbocycles. The molecule has 3 aromatic heterocycles. The molecule has 1 saturated heterocycles. The molecule has 0 amide bonds. The number of ether oxygens (including phenoxy) is 2. The van der Waals surface area contributed by atoms with Gasteiger partial charge in [-0.25, -0.2) is 14.6 Å². The number of hydrogen-bond donors (Lipinski definition) is 1. The predicted molar refractivity (Wildman–Crippen MR) is 125 cm³/mol. The Labute approximate surface area is 190 Å². The molecule has 1 fully saturated rings. The van der Waals surface area contributed by atoms with E-state index in [2.05, 4.69) is 39.5 Å². The second-order valence-electron chi connectivity index (χ2n) is 7.68. The van der Waals surface area contributed by atoms with Gasteiger partial charge in [-0.05, 0) is 19.1 Å². The molecule has 0 spiro atoms. The lowest BCUT2D eigenvalue weighted by molar-refractivity contribution is 0.0422. The van der Waals surface area contributed by atoms with Gasteiger partial charge in [0.2, 0.25) is 0 Å². The number of hydrogen-bond acceptors (Lipinski definition) is 8. The molecule has 0 unspecified atom stereocenters. The van der Waals surface area contributed by atoms with Crippen LogP contribution in [0.15, 0.2) is 41.8 Å². The lowest BCUT2D eigenvalue weighted by Crippen LogP contribution is -2.37. The number of fused-ring (bicyclic) bond motifs is 1. The van der Waals surface area contributed by atoms with Gasteiger partial charge in [-0.2, -0.15) is 5.10 Å². The first-order valence-corrected chi connectivity index (χ1v) is 11.4. The monoisotopic (exact) mass is 451 g/mol. The van der Waals surface area contributed by atoms with Crippen molar-refractivity contribution >= 4 is 27.2 Å². The molecule has 1 aliphatic rings. The van der Waals surface area contributed by atoms with Crippen LogP contribution in [0.25, 0.3) is 27.2 Å². The molecule has 0 bridgehead atoms. The van der Waals surface area contributed by atoms with Gasteiger partial charge in [0.15, 0.2) is 11.6 Å². The maximum atomic E-state index is 9.77. The van der Waals surface area contributed by atoms with Crippen molar-refractivity contribution in [2.75, 3.05) is 44.9 Å². The second-order valence-corrected chi connectivity index (χ2v) is 8.59. The molecule has 32 heavy (non-hydrogen) atoms. The van der Waals surface area contributed by atoms with Gasteiger partial charge in [0, 0.05) is 53.0 Å². The number of morpholine rings is 1. The third-order valence-electron chi connectivity index (χ3n) is 5.65. The summed E-state index contributed by atoms with van der Waals surface area (Å²) in [6.45, 7) is 4.61. The third kappa shape index (κ3) is 3.88. The van der Waals surface area contributed by atoms with Gasteiger partial charge in [-0.15, -0.1) is 11.3 Å². The van der Waals surface area contributed by atoms with E-state index in [0.717, 1.165) is 35.9 Å². The maximum Gasteiger partial charge on any atom is 0.164 e. The van der Waals surface area contributed by atoms with Crippen LogP contribution in [0.3, 0.4) is 0 Å². The Bertz CT molecular complexity index is 1230. The highest BCUT2D eigenvalue weighted by molar-refractivity contribution is 7.17. The first-order valence-electron chi connectivity index (χ1n) is 10.6. The molecular formula is C23H25N5O3S. The van der Waals surface area contributed by atoms with Crippen molar-refractivity contribution in [3.05, 3.63) is 53.3 Å². The van der Waals surface area contributed by atoms with E-state index in [1.807, 2.05) is 23.7 Å². The molecule has 8 nitrogen and oxygen atoms in total. The first-order chi connectivity index (χ1) is 15.7. The lowest BCUT2D eigenvalue weighted by Gasteiger charge is -2.28. The molecule has 1 aromatic carbocycles. The van der Waals surface area contributed by atoms with Crippen molar-refractivity contribution in [1.82, 2.24) is 19.7 Å². The Kier molecular flexibility index (Phi) is 5.88. The van der Waals surface area contributed by atoms with Gasteiger partial charge in [0.05, 0.1) is 25.5 Å². The highest BCUT2D eigenvalue weighted by Gasteiger charge is 2.21. The fraction of sp³-hybridized carbons (Fsp3) is 0.348. The predicted octanol–water partition coefficient (Wildman–Crippen LogP) is 3.37. The summed E-state index contributed by atoms with van der Waals surface area (Å²) in [5, 5.41) is 18.0. The van der Waals surface area contributed by atoms with Crippen molar-refractivity contribution in [3.63, 3.8) is 0 Å². The fourth-order valence-corrected chi connectivity index (χ4v) is 4.88. The number of nitrogens with zero attached hydrogens (tertiary/aromatic N) is 5. The molecule has 0 radical (unpaired) electrons. The number of aliphatic hydroxyl groups excluding tert-OH is 1. The Morgan fingerprint density at radius 2 is 1.94 bits per heavy atom. The number of rotatable bonds is 6. The van der Waals surface area contributed by atoms with Crippen LogP contribution in [0.5, 0.6) is 0 Å². The van der Waals surface area contributed by atoms with E-state index in [9.17, 15) is 5.11 Å².